The molecule has 1 aromatic rings. The van der Waals surface area contributed by atoms with Gasteiger partial charge in [0.25, 0.3) is 0 Å². The molecule has 0 spiro atoms. The SMILES string of the molecule is Fc1c[c]c(Br)cc1C(Br)Br. The summed E-state index contributed by atoms with van der Waals surface area (Å²) >= 11 is 9.62. The molecule has 11 heavy (non-hydrogen) atoms. The van der Waals surface area contributed by atoms with Crippen LogP contribution in [0.4, 0.5) is 4.39 Å². The van der Waals surface area contributed by atoms with Crippen LogP contribution in [-0.4, -0.2) is 0 Å². The minimum Gasteiger partial charge on any atom is -0.207 e. The van der Waals surface area contributed by atoms with Gasteiger partial charge in [-0.15, -0.1) is 0 Å². The Bertz CT molecular complexity index is 260. The van der Waals surface area contributed by atoms with Crippen LogP contribution in [0.2, 0.25) is 0 Å². The van der Waals surface area contributed by atoms with E-state index in [0.29, 0.717) is 5.56 Å². The highest BCUT2D eigenvalue weighted by Crippen LogP contribution is 2.32. The predicted octanol–water partition coefficient (Wildman–Crippen LogP) is 4.18. The Kier molecular flexibility index (Phi) is 3.52. The molecule has 0 saturated heterocycles. The Hall–Kier alpha value is 0.590. The lowest BCUT2D eigenvalue weighted by atomic mass is 10.2. The van der Waals surface area contributed by atoms with Gasteiger partial charge in [0.2, 0.25) is 0 Å². The van der Waals surface area contributed by atoms with Crippen molar-refractivity contribution in [3.63, 3.8) is 0 Å². The van der Waals surface area contributed by atoms with Gasteiger partial charge in [-0.05, 0) is 12.1 Å². The zero-order valence-electron chi connectivity index (χ0n) is 5.24. The van der Waals surface area contributed by atoms with Crippen molar-refractivity contribution in [2.24, 2.45) is 0 Å². The first-order valence-electron chi connectivity index (χ1n) is 2.76. The molecule has 0 saturated carbocycles. The third-order valence-corrected chi connectivity index (χ3v) is 2.57. The van der Waals surface area contributed by atoms with Crippen LogP contribution in [0.5, 0.6) is 0 Å². The zero-order chi connectivity index (χ0) is 8.43. The molecule has 59 valence electrons. The summed E-state index contributed by atoms with van der Waals surface area (Å²) in [7, 11) is 0. The molecule has 1 radical (unpaired) electrons. The fraction of sp³-hybridized carbons (Fsp3) is 0.143. The lowest BCUT2D eigenvalue weighted by Crippen LogP contribution is -1.87. The maximum absolute atomic E-state index is 12.9. The molecular formula is C7H3Br3F. The first-order valence-corrected chi connectivity index (χ1v) is 5.38. The highest BCUT2D eigenvalue weighted by molar-refractivity contribution is 9.24. The van der Waals surface area contributed by atoms with Crippen molar-refractivity contribution in [1.82, 2.24) is 0 Å². The lowest BCUT2D eigenvalue weighted by Gasteiger charge is -2.03. The number of alkyl halides is 2. The van der Waals surface area contributed by atoms with Crippen LogP contribution in [0.15, 0.2) is 16.6 Å². The highest BCUT2D eigenvalue weighted by atomic mass is 79.9. The first-order chi connectivity index (χ1) is 5.11. The fourth-order valence-electron chi connectivity index (χ4n) is 0.630. The highest BCUT2D eigenvalue weighted by Gasteiger charge is 2.08. The summed E-state index contributed by atoms with van der Waals surface area (Å²) in [6.45, 7) is 0. The largest absolute Gasteiger partial charge is 0.207 e. The molecule has 1 aromatic carbocycles. The summed E-state index contributed by atoms with van der Waals surface area (Å²) in [6.07, 6.45) is 0. The van der Waals surface area contributed by atoms with Gasteiger partial charge < -0.3 is 0 Å². The van der Waals surface area contributed by atoms with Gasteiger partial charge in [0.05, 0.1) is 3.74 Å². The van der Waals surface area contributed by atoms with Crippen LogP contribution in [0.25, 0.3) is 0 Å². The van der Waals surface area contributed by atoms with Crippen LogP contribution in [0, 0.1) is 11.9 Å². The van der Waals surface area contributed by atoms with Gasteiger partial charge in [0.1, 0.15) is 5.82 Å². The van der Waals surface area contributed by atoms with E-state index in [1.54, 1.807) is 6.07 Å². The third-order valence-electron chi connectivity index (χ3n) is 1.13. The Morgan fingerprint density at radius 2 is 2.09 bits per heavy atom. The molecule has 0 fully saturated rings. The molecule has 0 heterocycles. The van der Waals surface area contributed by atoms with Gasteiger partial charge in [-0.2, -0.15) is 0 Å². The van der Waals surface area contributed by atoms with Gasteiger partial charge in [0, 0.05) is 16.1 Å². The Labute approximate surface area is 89.6 Å². The molecule has 0 nitrogen and oxygen atoms in total. The molecule has 0 aliphatic rings. The molecule has 4 heteroatoms. The second-order valence-electron chi connectivity index (χ2n) is 1.88. The van der Waals surface area contributed by atoms with Gasteiger partial charge in [-0.1, -0.05) is 47.8 Å². The first kappa shape index (κ1) is 9.68. The quantitative estimate of drug-likeness (QED) is 0.670. The van der Waals surface area contributed by atoms with Gasteiger partial charge >= 0.3 is 0 Å². The second-order valence-corrected chi connectivity index (χ2v) is 5.80. The maximum Gasteiger partial charge on any atom is 0.129 e. The summed E-state index contributed by atoms with van der Waals surface area (Å²) < 4.78 is 13.5. The maximum atomic E-state index is 12.9. The normalized spacial score (nSPS) is 10.6. The van der Waals surface area contributed by atoms with Crippen LogP contribution in [0.3, 0.4) is 0 Å². The standard InChI is InChI=1S/C7H3Br3F/c8-4-1-2-6(11)5(3-4)7(9)10/h2-3,7H. The van der Waals surface area contributed by atoms with Crippen molar-refractivity contribution in [2.75, 3.05) is 0 Å². The van der Waals surface area contributed by atoms with E-state index in [9.17, 15) is 4.39 Å². The Morgan fingerprint density at radius 1 is 1.45 bits per heavy atom. The van der Waals surface area contributed by atoms with Gasteiger partial charge in [-0.3, -0.25) is 0 Å². The summed E-state index contributed by atoms with van der Waals surface area (Å²) in [4.78, 5) is 0. The van der Waals surface area contributed by atoms with E-state index >= 15 is 0 Å². The third kappa shape index (κ3) is 2.53. The molecule has 0 atom stereocenters. The van der Waals surface area contributed by atoms with E-state index in [4.69, 9.17) is 0 Å². The van der Waals surface area contributed by atoms with E-state index in [-0.39, 0.29) is 9.55 Å². The van der Waals surface area contributed by atoms with Crippen molar-refractivity contribution in [3.8, 4) is 0 Å². The number of hydrogen-bond donors (Lipinski definition) is 0. The van der Waals surface area contributed by atoms with Crippen LogP contribution >= 0.6 is 47.8 Å². The number of halogens is 4. The summed E-state index contributed by atoms with van der Waals surface area (Å²) in [5.74, 6) is -0.271. The van der Waals surface area contributed by atoms with Crippen LogP contribution < -0.4 is 0 Å². The van der Waals surface area contributed by atoms with Crippen molar-refractivity contribution < 1.29 is 4.39 Å². The molecule has 0 unspecified atom stereocenters. The molecule has 0 N–H and O–H groups in total. The van der Waals surface area contributed by atoms with E-state index in [1.165, 1.54) is 6.07 Å². The minimum atomic E-state index is -0.271. The number of rotatable bonds is 1. The summed E-state index contributed by atoms with van der Waals surface area (Å²) in [6, 6.07) is 5.67. The van der Waals surface area contributed by atoms with E-state index in [0.717, 1.165) is 4.47 Å². The Morgan fingerprint density at radius 3 is 2.55 bits per heavy atom. The zero-order valence-corrected chi connectivity index (χ0v) is 10.0. The summed E-state index contributed by atoms with van der Waals surface area (Å²) in [5, 5.41) is 0. The molecule has 0 amide bonds. The smallest absolute Gasteiger partial charge is 0.129 e. The molecular weight excluding hydrogens is 343 g/mol. The fourth-order valence-corrected chi connectivity index (χ4v) is 1.69. The Balaban J connectivity index is 3.13. The molecule has 0 aliphatic carbocycles. The molecule has 1 rings (SSSR count). The number of benzene rings is 1. The molecule has 0 aromatic heterocycles. The molecule has 0 bridgehead atoms. The van der Waals surface area contributed by atoms with Crippen molar-refractivity contribution in [1.29, 1.82) is 0 Å². The topological polar surface area (TPSA) is 0 Å². The van der Waals surface area contributed by atoms with E-state index < -0.39 is 0 Å². The molecule has 0 aliphatic heterocycles. The van der Waals surface area contributed by atoms with Crippen LogP contribution in [-0.2, 0) is 0 Å². The predicted molar refractivity (Wildman–Crippen MR) is 53.5 cm³/mol. The summed E-state index contributed by atoms with van der Waals surface area (Å²) in [5.41, 5.74) is 0.565. The van der Waals surface area contributed by atoms with Crippen molar-refractivity contribution in [2.45, 2.75) is 3.74 Å². The minimum absolute atomic E-state index is 0.152. The van der Waals surface area contributed by atoms with Gasteiger partial charge in [0.15, 0.2) is 0 Å². The lowest BCUT2D eigenvalue weighted by molar-refractivity contribution is 0.617. The van der Waals surface area contributed by atoms with Crippen molar-refractivity contribution >= 4 is 47.8 Å². The van der Waals surface area contributed by atoms with E-state index in [2.05, 4.69) is 53.9 Å². The average Bonchev–Trinajstić information content (AvgIpc) is 1.94. The monoisotopic (exact) mass is 343 g/mol. The second kappa shape index (κ2) is 4.01. The van der Waals surface area contributed by atoms with E-state index in [1.807, 2.05) is 0 Å². The number of hydrogen-bond acceptors (Lipinski definition) is 0. The van der Waals surface area contributed by atoms with Gasteiger partial charge in [-0.25, -0.2) is 4.39 Å². The van der Waals surface area contributed by atoms with Crippen molar-refractivity contribution in [3.05, 3.63) is 34.1 Å². The van der Waals surface area contributed by atoms with Crippen LogP contribution in [0.1, 0.15) is 9.30 Å². The average molecular weight is 346 g/mol.